The Morgan fingerprint density at radius 3 is 2.35 bits per heavy atom. The molecule has 0 bridgehead atoms. The van der Waals surface area contributed by atoms with Crippen LogP contribution in [0, 0.1) is 0 Å². The van der Waals surface area contributed by atoms with Gasteiger partial charge in [-0.05, 0) is 42.5 Å². The van der Waals surface area contributed by atoms with Crippen molar-refractivity contribution in [1.29, 1.82) is 0 Å². The first-order chi connectivity index (χ1) is 12.6. The van der Waals surface area contributed by atoms with E-state index in [-0.39, 0.29) is 17.7 Å². The molecule has 1 saturated carbocycles. The SMILES string of the molecule is O=C(O)CCCOc1ccc(CNC(=O)C2(c3ccccc3)CC2)cc1. The molecule has 5 heteroatoms. The van der Waals surface area contributed by atoms with Gasteiger partial charge in [-0.1, -0.05) is 42.5 Å². The van der Waals surface area contributed by atoms with Crippen LogP contribution in [0.4, 0.5) is 0 Å². The van der Waals surface area contributed by atoms with Crippen molar-refractivity contribution in [2.75, 3.05) is 6.61 Å². The molecule has 5 nitrogen and oxygen atoms in total. The van der Waals surface area contributed by atoms with Crippen LogP contribution in [0.5, 0.6) is 5.75 Å². The van der Waals surface area contributed by atoms with Crippen molar-refractivity contribution in [1.82, 2.24) is 5.32 Å². The molecule has 136 valence electrons. The summed E-state index contributed by atoms with van der Waals surface area (Å²) in [6.07, 6.45) is 2.37. The molecule has 1 amide bonds. The molecule has 2 aromatic carbocycles. The summed E-state index contributed by atoms with van der Waals surface area (Å²) in [6, 6.07) is 17.4. The van der Waals surface area contributed by atoms with Gasteiger partial charge in [0.15, 0.2) is 0 Å². The highest BCUT2D eigenvalue weighted by Crippen LogP contribution is 2.48. The minimum Gasteiger partial charge on any atom is -0.494 e. The molecule has 1 aliphatic rings. The predicted molar refractivity (Wildman–Crippen MR) is 98.0 cm³/mol. The van der Waals surface area contributed by atoms with E-state index in [1.807, 2.05) is 54.6 Å². The Hall–Kier alpha value is -2.82. The van der Waals surface area contributed by atoms with Crippen molar-refractivity contribution in [3.8, 4) is 5.75 Å². The maximum Gasteiger partial charge on any atom is 0.303 e. The van der Waals surface area contributed by atoms with Crippen molar-refractivity contribution in [2.24, 2.45) is 0 Å². The number of carbonyl (C=O) groups excluding carboxylic acids is 1. The van der Waals surface area contributed by atoms with Gasteiger partial charge in [0.25, 0.3) is 0 Å². The summed E-state index contributed by atoms with van der Waals surface area (Å²) < 4.78 is 5.51. The molecule has 0 radical (unpaired) electrons. The Kier molecular flexibility index (Phi) is 5.56. The summed E-state index contributed by atoms with van der Waals surface area (Å²) in [7, 11) is 0. The molecule has 0 heterocycles. The maximum atomic E-state index is 12.6. The minimum atomic E-state index is -0.816. The highest BCUT2D eigenvalue weighted by atomic mass is 16.5. The largest absolute Gasteiger partial charge is 0.494 e. The van der Waals surface area contributed by atoms with Gasteiger partial charge < -0.3 is 15.2 Å². The summed E-state index contributed by atoms with van der Waals surface area (Å²) in [4.78, 5) is 23.1. The fraction of sp³-hybridized carbons (Fsp3) is 0.333. The summed E-state index contributed by atoms with van der Waals surface area (Å²) in [5, 5.41) is 11.6. The van der Waals surface area contributed by atoms with Crippen LogP contribution >= 0.6 is 0 Å². The molecule has 0 spiro atoms. The average molecular weight is 353 g/mol. The maximum absolute atomic E-state index is 12.6. The number of hydrogen-bond acceptors (Lipinski definition) is 3. The van der Waals surface area contributed by atoms with Crippen molar-refractivity contribution in [3.05, 3.63) is 65.7 Å². The van der Waals surface area contributed by atoms with E-state index in [1.54, 1.807) is 0 Å². The number of carboxylic acid groups (broad SMARTS) is 1. The molecule has 2 N–H and O–H groups in total. The molecule has 3 rings (SSSR count). The van der Waals surface area contributed by atoms with Crippen molar-refractivity contribution in [2.45, 2.75) is 37.6 Å². The monoisotopic (exact) mass is 353 g/mol. The number of hydrogen-bond donors (Lipinski definition) is 2. The second-order valence-electron chi connectivity index (χ2n) is 6.62. The number of aliphatic carboxylic acids is 1. The number of carbonyl (C=O) groups is 2. The van der Waals surface area contributed by atoms with E-state index >= 15 is 0 Å². The Bertz CT molecular complexity index is 751. The van der Waals surface area contributed by atoms with Crippen molar-refractivity contribution >= 4 is 11.9 Å². The molecule has 0 unspecified atom stereocenters. The first kappa shape index (κ1) is 18.0. The topological polar surface area (TPSA) is 75.6 Å². The Labute approximate surface area is 153 Å². The lowest BCUT2D eigenvalue weighted by Crippen LogP contribution is -2.34. The molecule has 0 aliphatic heterocycles. The molecule has 0 saturated heterocycles. The lowest BCUT2D eigenvalue weighted by Gasteiger charge is -2.16. The Morgan fingerprint density at radius 1 is 1.04 bits per heavy atom. The molecule has 1 fully saturated rings. The number of rotatable bonds is 9. The highest BCUT2D eigenvalue weighted by Gasteiger charge is 2.50. The van der Waals surface area contributed by atoms with Gasteiger partial charge >= 0.3 is 5.97 Å². The summed E-state index contributed by atoms with van der Waals surface area (Å²) in [6.45, 7) is 0.856. The number of carboxylic acids is 1. The van der Waals surface area contributed by atoms with E-state index in [9.17, 15) is 9.59 Å². The minimum absolute atomic E-state index is 0.0812. The van der Waals surface area contributed by atoms with E-state index in [4.69, 9.17) is 9.84 Å². The quantitative estimate of drug-likeness (QED) is 0.679. The zero-order valence-corrected chi connectivity index (χ0v) is 14.6. The van der Waals surface area contributed by atoms with E-state index in [1.165, 1.54) is 0 Å². The lowest BCUT2D eigenvalue weighted by atomic mass is 9.95. The van der Waals surface area contributed by atoms with Crippen LogP contribution in [0.25, 0.3) is 0 Å². The molecule has 0 atom stereocenters. The van der Waals surface area contributed by atoms with Crippen LogP contribution in [0.15, 0.2) is 54.6 Å². The molecule has 1 aliphatic carbocycles. The standard InChI is InChI=1S/C21H23NO4/c23-19(24)7-4-14-26-18-10-8-16(9-11-18)15-22-20(25)21(12-13-21)17-5-2-1-3-6-17/h1-3,5-6,8-11H,4,7,12-15H2,(H,22,25)(H,23,24). The first-order valence-corrected chi connectivity index (χ1v) is 8.87. The highest BCUT2D eigenvalue weighted by molar-refractivity contribution is 5.91. The third-order valence-electron chi connectivity index (χ3n) is 4.69. The number of ether oxygens (including phenoxy) is 1. The second kappa shape index (κ2) is 8.04. The van der Waals surface area contributed by atoms with Crippen LogP contribution in [0.1, 0.15) is 36.8 Å². The van der Waals surface area contributed by atoms with Gasteiger partial charge in [-0.2, -0.15) is 0 Å². The van der Waals surface area contributed by atoms with Crippen molar-refractivity contribution < 1.29 is 19.4 Å². The van der Waals surface area contributed by atoms with Gasteiger partial charge in [0.1, 0.15) is 5.75 Å². The van der Waals surface area contributed by atoms with Crippen LogP contribution in [-0.4, -0.2) is 23.6 Å². The zero-order valence-electron chi connectivity index (χ0n) is 14.6. The summed E-state index contributed by atoms with van der Waals surface area (Å²) in [5.74, 6) is -0.0327. The van der Waals surface area contributed by atoms with E-state index in [0.717, 1.165) is 24.0 Å². The number of nitrogens with one attached hydrogen (secondary N) is 1. The predicted octanol–water partition coefficient (Wildman–Crippen LogP) is 3.28. The van der Waals surface area contributed by atoms with Gasteiger partial charge in [0, 0.05) is 13.0 Å². The van der Waals surface area contributed by atoms with E-state index in [2.05, 4.69) is 5.32 Å². The molecule has 26 heavy (non-hydrogen) atoms. The molecular weight excluding hydrogens is 330 g/mol. The fourth-order valence-corrected chi connectivity index (χ4v) is 3.00. The third-order valence-corrected chi connectivity index (χ3v) is 4.69. The summed E-state index contributed by atoms with van der Waals surface area (Å²) in [5.41, 5.74) is 1.73. The first-order valence-electron chi connectivity index (χ1n) is 8.87. The van der Waals surface area contributed by atoms with Gasteiger partial charge in [0.2, 0.25) is 5.91 Å². The molecular formula is C21H23NO4. The normalized spacial score (nSPS) is 14.5. The van der Waals surface area contributed by atoms with Gasteiger partial charge in [-0.3, -0.25) is 9.59 Å². The lowest BCUT2D eigenvalue weighted by molar-refractivity contribution is -0.137. The fourth-order valence-electron chi connectivity index (χ4n) is 3.00. The molecule has 2 aromatic rings. The van der Waals surface area contributed by atoms with Gasteiger partial charge in [0.05, 0.1) is 12.0 Å². The molecule has 0 aromatic heterocycles. The van der Waals surface area contributed by atoms with E-state index in [0.29, 0.717) is 25.3 Å². The zero-order chi connectivity index (χ0) is 18.4. The number of amides is 1. The third kappa shape index (κ3) is 4.42. The average Bonchev–Trinajstić information content (AvgIpc) is 3.47. The van der Waals surface area contributed by atoms with Crippen LogP contribution in [0.3, 0.4) is 0 Å². The Morgan fingerprint density at radius 2 is 1.73 bits per heavy atom. The number of benzene rings is 2. The van der Waals surface area contributed by atoms with Crippen molar-refractivity contribution in [3.63, 3.8) is 0 Å². The van der Waals surface area contributed by atoms with Crippen LogP contribution in [-0.2, 0) is 21.5 Å². The van der Waals surface area contributed by atoms with E-state index < -0.39 is 5.97 Å². The second-order valence-corrected chi connectivity index (χ2v) is 6.62. The van der Waals surface area contributed by atoms with Crippen LogP contribution < -0.4 is 10.1 Å². The smallest absolute Gasteiger partial charge is 0.303 e. The Balaban J connectivity index is 1.48. The van der Waals surface area contributed by atoms with Gasteiger partial charge in [-0.15, -0.1) is 0 Å². The van der Waals surface area contributed by atoms with Gasteiger partial charge in [-0.25, -0.2) is 0 Å². The summed E-state index contributed by atoms with van der Waals surface area (Å²) >= 11 is 0. The van der Waals surface area contributed by atoms with Crippen LogP contribution in [0.2, 0.25) is 0 Å².